The Labute approximate surface area is 201 Å². The number of nitrogens with one attached hydrogen (secondary N) is 1. The van der Waals surface area contributed by atoms with Crippen molar-refractivity contribution in [1.82, 2.24) is 5.10 Å². The van der Waals surface area contributed by atoms with Gasteiger partial charge in [0.05, 0.1) is 5.56 Å². The fourth-order valence-corrected chi connectivity index (χ4v) is 4.58. The predicted molar refractivity (Wildman–Crippen MR) is 132 cm³/mol. The minimum Gasteiger partial charge on any atom is -1.00 e. The normalized spacial score (nSPS) is 10.5. The first kappa shape index (κ1) is 23.8. The number of aromatic nitrogens is 2. The van der Waals surface area contributed by atoms with E-state index >= 15 is 0 Å². The Morgan fingerprint density at radius 2 is 1.50 bits per heavy atom. The smallest absolute Gasteiger partial charge is 0.304 e. The number of aryl methyl sites for hydroxylation is 1. The average Bonchev–Trinajstić information content (AvgIpc) is 3.25. The average molecular weight is 465 g/mol. The molecule has 166 valence electrons. The molecule has 0 saturated heterocycles. The van der Waals surface area contributed by atoms with E-state index in [-0.39, 0.29) is 12.4 Å². The van der Waals surface area contributed by atoms with Crippen LogP contribution in [0.3, 0.4) is 0 Å². The van der Waals surface area contributed by atoms with Gasteiger partial charge in [-0.25, -0.2) is 0 Å². The zero-order chi connectivity index (χ0) is 21.6. The highest BCUT2D eigenvalue weighted by molar-refractivity contribution is 7.18. The minimum absolute atomic E-state index is 0. The van der Waals surface area contributed by atoms with Crippen LogP contribution in [0, 0.1) is 0 Å². The molecule has 1 heterocycles. The first-order valence-electron chi connectivity index (χ1n) is 10.9. The molecule has 1 aromatic heterocycles. The van der Waals surface area contributed by atoms with Gasteiger partial charge < -0.3 is 22.6 Å². The molecule has 0 amide bonds. The van der Waals surface area contributed by atoms with Gasteiger partial charge in [0, 0.05) is 41.7 Å². The maximum atomic E-state index is 4.90. The lowest BCUT2D eigenvalue weighted by Crippen LogP contribution is -3.00. The van der Waals surface area contributed by atoms with Gasteiger partial charge in [0.1, 0.15) is 0 Å². The van der Waals surface area contributed by atoms with Crippen LogP contribution in [-0.2, 0) is 6.42 Å². The topological polar surface area (TPSA) is 32.0 Å². The van der Waals surface area contributed by atoms with E-state index in [1.807, 2.05) is 22.9 Å². The van der Waals surface area contributed by atoms with Gasteiger partial charge in [-0.05, 0) is 78.2 Å². The molecule has 32 heavy (non-hydrogen) atoms. The molecule has 0 unspecified atom stereocenters. The van der Waals surface area contributed by atoms with Gasteiger partial charge in [-0.15, -0.1) is 0 Å². The lowest BCUT2D eigenvalue weighted by Gasteiger charge is -2.20. The lowest BCUT2D eigenvalue weighted by molar-refractivity contribution is -0.642. The van der Waals surface area contributed by atoms with E-state index in [4.69, 9.17) is 5.10 Å². The van der Waals surface area contributed by atoms with Crippen molar-refractivity contribution in [3.05, 3.63) is 84.4 Å². The quantitative estimate of drug-likeness (QED) is 0.406. The van der Waals surface area contributed by atoms with E-state index in [1.165, 1.54) is 11.3 Å². The van der Waals surface area contributed by atoms with Crippen molar-refractivity contribution in [1.29, 1.82) is 0 Å². The molecule has 4 nitrogen and oxygen atoms in total. The highest BCUT2D eigenvalue weighted by atomic mass is 35.5. The van der Waals surface area contributed by atoms with E-state index in [0.717, 1.165) is 46.6 Å². The largest absolute Gasteiger partial charge is 1.00 e. The van der Waals surface area contributed by atoms with Crippen LogP contribution in [0.1, 0.15) is 26.3 Å². The molecule has 4 rings (SSSR count). The third-order valence-corrected chi connectivity index (χ3v) is 6.41. The van der Waals surface area contributed by atoms with E-state index in [9.17, 15) is 0 Å². The van der Waals surface area contributed by atoms with E-state index < -0.39 is 0 Å². The predicted octanol–water partition coefficient (Wildman–Crippen LogP) is 3.24. The number of nitrogens with zero attached hydrogens (tertiary/aromatic N) is 3. The Morgan fingerprint density at radius 1 is 0.844 bits per heavy atom. The van der Waals surface area contributed by atoms with Crippen LogP contribution in [0.2, 0.25) is 0 Å². The van der Waals surface area contributed by atoms with Crippen LogP contribution in [0.15, 0.2) is 78.9 Å². The summed E-state index contributed by atoms with van der Waals surface area (Å²) in [5, 5.41) is 10.4. The molecule has 0 atom stereocenters. The Morgan fingerprint density at radius 3 is 2.09 bits per heavy atom. The van der Waals surface area contributed by atoms with Gasteiger partial charge in [-0.1, -0.05) is 37.3 Å². The molecule has 1 N–H and O–H groups in total. The van der Waals surface area contributed by atoms with Gasteiger partial charge in [0.25, 0.3) is 5.13 Å². The molecular weight excluding hydrogens is 436 g/mol. The third-order valence-electron chi connectivity index (χ3n) is 5.43. The van der Waals surface area contributed by atoms with Gasteiger partial charge >= 0.3 is 5.01 Å². The first-order valence-corrected chi connectivity index (χ1v) is 11.7. The van der Waals surface area contributed by atoms with Gasteiger partial charge in [0.15, 0.2) is 0 Å². The summed E-state index contributed by atoms with van der Waals surface area (Å²) in [5.74, 6) is 0. The highest BCUT2D eigenvalue weighted by Gasteiger charge is 2.24. The molecule has 0 bridgehead atoms. The van der Waals surface area contributed by atoms with Crippen molar-refractivity contribution in [2.45, 2.75) is 27.2 Å². The summed E-state index contributed by atoms with van der Waals surface area (Å²) < 4.78 is 2.03. The second-order valence-corrected chi connectivity index (χ2v) is 8.33. The molecule has 6 heteroatoms. The first-order chi connectivity index (χ1) is 15.2. The second kappa shape index (κ2) is 11.1. The zero-order valence-corrected chi connectivity index (χ0v) is 20.3. The number of halogens is 1. The van der Waals surface area contributed by atoms with E-state index in [0.29, 0.717) is 0 Å². The molecule has 3 aromatic carbocycles. The number of anilines is 3. The summed E-state index contributed by atoms with van der Waals surface area (Å²) in [5.41, 5.74) is 5.84. The van der Waals surface area contributed by atoms with Crippen LogP contribution in [0.5, 0.6) is 0 Å². The molecule has 0 spiro atoms. The fraction of sp³-hybridized carbons (Fsp3) is 0.231. The monoisotopic (exact) mass is 464 g/mol. The van der Waals surface area contributed by atoms with E-state index in [1.54, 1.807) is 11.3 Å². The summed E-state index contributed by atoms with van der Waals surface area (Å²) in [4.78, 5) is 2.36. The number of benzene rings is 3. The van der Waals surface area contributed by atoms with Gasteiger partial charge in [0.2, 0.25) is 5.69 Å². The Bertz CT molecular complexity index is 1110. The van der Waals surface area contributed by atoms with E-state index in [2.05, 4.69) is 91.7 Å². The van der Waals surface area contributed by atoms with Crippen molar-refractivity contribution in [3.63, 3.8) is 0 Å². The third kappa shape index (κ3) is 5.29. The molecular formula is C26H29ClN4S. The van der Waals surface area contributed by atoms with Crippen molar-refractivity contribution in [2.24, 2.45) is 0 Å². The second-order valence-electron chi connectivity index (χ2n) is 7.35. The maximum Gasteiger partial charge on any atom is 0.304 e. The summed E-state index contributed by atoms with van der Waals surface area (Å²) in [6, 6.07) is 27.7. The molecule has 0 aliphatic heterocycles. The number of hydrogen-bond donors (Lipinski definition) is 1. The number of rotatable bonds is 8. The summed E-state index contributed by atoms with van der Waals surface area (Å²) >= 11 is 1.67. The molecule has 0 radical (unpaired) electrons. The molecule has 0 saturated carbocycles. The summed E-state index contributed by atoms with van der Waals surface area (Å²) in [7, 11) is 0. The van der Waals surface area contributed by atoms with Crippen molar-refractivity contribution >= 4 is 27.8 Å². The Hall–Kier alpha value is -2.89. The molecule has 4 aromatic rings. The minimum atomic E-state index is 0. The van der Waals surface area contributed by atoms with Crippen LogP contribution in [-0.4, -0.2) is 18.2 Å². The molecule has 0 aliphatic rings. The highest BCUT2D eigenvalue weighted by Crippen LogP contribution is 2.30. The zero-order valence-electron chi connectivity index (χ0n) is 18.8. The van der Waals surface area contributed by atoms with Crippen molar-refractivity contribution < 1.29 is 17.1 Å². The van der Waals surface area contributed by atoms with Crippen LogP contribution in [0.25, 0.3) is 16.3 Å². The summed E-state index contributed by atoms with van der Waals surface area (Å²) in [6.07, 6.45) is 1.04. The standard InChI is InChI=1S/C26H29N4S.ClH/c1-4-20-12-16-22(17-13-20)27-26-28-30(24-10-8-7-9-11-24)25(31-26)21-14-18-23(19-15-21)29(5-2)6-3;/h7-19H,4-6H2,1-3H3,(H,27,28);1H/q+1;/p-1. The summed E-state index contributed by atoms with van der Waals surface area (Å²) in [6.45, 7) is 8.56. The number of hydrogen-bond acceptors (Lipinski definition) is 4. The van der Waals surface area contributed by atoms with Crippen molar-refractivity contribution in [2.75, 3.05) is 23.3 Å². The molecule has 0 aliphatic carbocycles. The maximum absolute atomic E-state index is 4.90. The van der Waals surface area contributed by atoms with Crippen molar-refractivity contribution in [3.8, 4) is 16.3 Å². The Balaban J connectivity index is 0.00000289. The van der Waals surface area contributed by atoms with Gasteiger partial charge in [-0.2, -0.15) is 0 Å². The molecule has 0 fully saturated rings. The van der Waals surface area contributed by atoms with Crippen LogP contribution in [0.4, 0.5) is 16.5 Å². The SMILES string of the molecule is CCc1ccc(Nc2n[n+](-c3ccccc3)c(-c3ccc(N(CC)CC)cc3)s2)cc1.[Cl-]. The van der Waals surface area contributed by atoms with Crippen LogP contribution >= 0.6 is 11.3 Å². The lowest BCUT2D eigenvalue weighted by atomic mass is 10.1. The number of para-hydroxylation sites is 1. The van der Waals surface area contributed by atoms with Crippen LogP contribution < -0.4 is 27.3 Å². The fourth-order valence-electron chi connectivity index (χ4n) is 3.62. The Kier molecular flexibility index (Phi) is 8.26. The van der Waals surface area contributed by atoms with Gasteiger partial charge in [-0.3, -0.25) is 0 Å².